The van der Waals surface area contributed by atoms with Crippen molar-refractivity contribution in [3.63, 3.8) is 0 Å². The minimum absolute atomic E-state index is 0.0513. The van der Waals surface area contributed by atoms with E-state index in [0.717, 1.165) is 22.3 Å². The van der Waals surface area contributed by atoms with Crippen LogP contribution in [0.25, 0.3) is 11.3 Å². The number of rotatable bonds is 10. The number of benzene rings is 2. The standard InChI is InChI=1S/C34H38FN9O4/c1-34(35)14-26(15-36)44(20-34)33(48)28-12-25(32(47)39-28)13-30(45)42-16-23-4-3-5-24(27(23)18-42)17-43-19-29(40-41-43)21-6-8-22(9-7-21)31(46)38-11-10-37-2/h3-9,19,25-26,28,37H,10-14,16-18,20H2,1-2H3,(H,38,46)(H,39,47)/t25-,26-,28-,34?/m0/s1. The van der Waals surface area contributed by atoms with Crippen molar-refractivity contribution in [3.8, 4) is 17.3 Å². The second-order valence-electron chi connectivity index (χ2n) is 13.0. The van der Waals surface area contributed by atoms with Gasteiger partial charge < -0.3 is 25.8 Å². The van der Waals surface area contributed by atoms with E-state index in [1.165, 1.54) is 11.8 Å². The van der Waals surface area contributed by atoms with Gasteiger partial charge in [-0.25, -0.2) is 9.07 Å². The number of hydrogen-bond donors (Lipinski definition) is 3. The lowest BCUT2D eigenvalue weighted by Crippen LogP contribution is -2.46. The van der Waals surface area contributed by atoms with Crippen LogP contribution in [-0.4, -0.2) is 92.9 Å². The van der Waals surface area contributed by atoms with Crippen LogP contribution in [0.2, 0.25) is 0 Å². The molecule has 2 saturated heterocycles. The molecule has 4 atom stereocenters. The molecule has 3 aliphatic rings. The zero-order valence-electron chi connectivity index (χ0n) is 26.9. The van der Waals surface area contributed by atoms with Crippen LogP contribution in [0.15, 0.2) is 48.7 Å². The third kappa shape index (κ3) is 6.91. The molecule has 1 unspecified atom stereocenters. The maximum atomic E-state index is 14.5. The maximum Gasteiger partial charge on any atom is 0.251 e. The van der Waals surface area contributed by atoms with Crippen molar-refractivity contribution >= 4 is 23.6 Å². The summed E-state index contributed by atoms with van der Waals surface area (Å²) < 4.78 is 16.3. The Kier molecular flexibility index (Phi) is 9.23. The molecule has 3 aliphatic heterocycles. The molecule has 4 heterocycles. The summed E-state index contributed by atoms with van der Waals surface area (Å²) >= 11 is 0. The van der Waals surface area contributed by atoms with E-state index in [2.05, 4.69) is 26.3 Å². The van der Waals surface area contributed by atoms with Gasteiger partial charge in [-0.3, -0.25) is 19.2 Å². The zero-order chi connectivity index (χ0) is 34.0. The fraction of sp³-hybridized carbons (Fsp3) is 0.441. The molecule has 3 N–H and O–H groups in total. The number of likely N-dealkylation sites (N-methyl/N-ethyl adjacent to an activating group) is 1. The molecular formula is C34H38FN9O4. The Hall–Kier alpha value is -5.16. The normalized spacial score (nSPS) is 23.1. The number of amides is 4. The Balaban J connectivity index is 1.05. The third-order valence-electron chi connectivity index (χ3n) is 9.26. The first-order valence-electron chi connectivity index (χ1n) is 16.1. The molecule has 6 rings (SSSR count). The summed E-state index contributed by atoms with van der Waals surface area (Å²) in [4.78, 5) is 54.5. The van der Waals surface area contributed by atoms with E-state index in [-0.39, 0.29) is 43.5 Å². The van der Waals surface area contributed by atoms with Crippen LogP contribution in [0, 0.1) is 17.2 Å². The largest absolute Gasteiger partial charge is 0.351 e. The van der Waals surface area contributed by atoms with E-state index in [9.17, 15) is 28.8 Å². The molecule has 2 aromatic carbocycles. The Bertz CT molecular complexity index is 1770. The highest BCUT2D eigenvalue weighted by Gasteiger charge is 2.47. The number of likely N-dealkylation sites (tertiary alicyclic amines) is 1. The maximum absolute atomic E-state index is 14.5. The van der Waals surface area contributed by atoms with Gasteiger partial charge in [0.05, 0.1) is 25.4 Å². The molecular weight excluding hydrogens is 617 g/mol. The second kappa shape index (κ2) is 13.5. The summed E-state index contributed by atoms with van der Waals surface area (Å²) in [5.41, 5.74) is 3.42. The number of carbonyl (C=O) groups excluding carboxylic acids is 4. The van der Waals surface area contributed by atoms with Gasteiger partial charge in [0.25, 0.3) is 5.91 Å². The number of carbonyl (C=O) groups is 4. The second-order valence-corrected chi connectivity index (χ2v) is 13.0. The van der Waals surface area contributed by atoms with Crippen molar-refractivity contribution in [2.45, 2.75) is 63.6 Å². The van der Waals surface area contributed by atoms with Crippen LogP contribution in [0.4, 0.5) is 4.39 Å². The summed E-state index contributed by atoms with van der Waals surface area (Å²) in [5, 5.41) is 26.5. The summed E-state index contributed by atoms with van der Waals surface area (Å²) in [6.45, 7) is 3.61. The SMILES string of the molecule is CNCCNC(=O)c1ccc(-c2cn(Cc3cccc4c3CN(C(=O)C[C@@H]3C[C@@H](C(=O)N5CC(C)(F)C[C@H]5C#N)NC3=O)C4)nn2)cc1. The highest BCUT2D eigenvalue weighted by atomic mass is 19.1. The van der Waals surface area contributed by atoms with Gasteiger partial charge in [0.15, 0.2) is 0 Å². The number of aromatic nitrogens is 3. The van der Waals surface area contributed by atoms with Crippen molar-refractivity contribution in [1.29, 1.82) is 5.26 Å². The minimum Gasteiger partial charge on any atom is -0.351 e. The third-order valence-corrected chi connectivity index (χ3v) is 9.26. The summed E-state index contributed by atoms with van der Waals surface area (Å²) in [6.07, 6.45) is 1.84. The number of fused-ring (bicyclic) bond motifs is 1. The first-order chi connectivity index (χ1) is 23.0. The van der Waals surface area contributed by atoms with E-state index < -0.39 is 29.6 Å². The van der Waals surface area contributed by atoms with E-state index in [1.54, 1.807) is 21.7 Å². The van der Waals surface area contributed by atoms with E-state index >= 15 is 0 Å². The average molecular weight is 656 g/mol. The first kappa shape index (κ1) is 32.8. The lowest BCUT2D eigenvalue weighted by Gasteiger charge is -2.23. The smallest absolute Gasteiger partial charge is 0.251 e. The predicted molar refractivity (Wildman–Crippen MR) is 171 cm³/mol. The van der Waals surface area contributed by atoms with Crippen molar-refractivity contribution < 1.29 is 23.6 Å². The van der Waals surface area contributed by atoms with Crippen LogP contribution in [0.3, 0.4) is 0 Å². The Morgan fingerprint density at radius 3 is 2.69 bits per heavy atom. The van der Waals surface area contributed by atoms with E-state index in [0.29, 0.717) is 44.0 Å². The van der Waals surface area contributed by atoms with Gasteiger partial charge in [0.1, 0.15) is 23.4 Å². The van der Waals surface area contributed by atoms with Crippen LogP contribution in [0.5, 0.6) is 0 Å². The molecule has 0 spiro atoms. The quantitative estimate of drug-likeness (QED) is 0.277. The minimum atomic E-state index is -1.66. The van der Waals surface area contributed by atoms with Gasteiger partial charge in [-0.2, -0.15) is 5.26 Å². The highest BCUT2D eigenvalue weighted by molar-refractivity contribution is 5.95. The van der Waals surface area contributed by atoms with Gasteiger partial charge >= 0.3 is 0 Å². The molecule has 3 aromatic rings. The summed E-state index contributed by atoms with van der Waals surface area (Å²) in [6, 6.07) is 13.3. The van der Waals surface area contributed by atoms with E-state index in [4.69, 9.17) is 0 Å². The Labute approximate surface area is 277 Å². The lowest BCUT2D eigenvalue weighted by molar-refractivity contribution is -0.135. The first-order valence-corrected chi connectivity index (χ1v) is 16.1. The lowest BCUT2D eigenvalue weighted by atomic mass is 9.99. The molecule has 0 bridgehead atoms. The van der Waals surface area contributed by atoms with Gasteiger partial charge in [-0.15, -0.1) is 5.10 Å². The van der Waals surface area contributed by atoms with Crippen LogP contribution in [0.1, 0.15) is 53.2 Å². The van der Waals surface area contributed by atoms with Crippen molar-refractivity contribution in [2.75, 3.05) is 26.7 Å². The highest BCUT2D eigenvalue weighted by Crippen LogP contribution is 2.33. The molecule has 0 aliphatic carbocycles. The van der Waals surface area contributed by atoms with Crippen molar-refractivity contribution in [1.82, 2.24) is 40.7 Å². The number of halogens is 1. The molecule has 250 valence electrons. The fourth-order valence-electron chi connectivity index (χ4n) is 6.70. The average Bonchev–Trinajstić information content (AvgIpc) is 3.86. The van der Waals surface area contributed by atoms with Crippen LogP contribution < -0.4 is 16.0 Å². The van der Waals surface area contributed by atoms with Crippen molar-refractivity contribution in [2.24, 2.45) is 5.92 Å². The molecule has 48 heavy (non-hydrogen) atoms. The number of nitrogens with zero attached hydrogens (tertiary/aromatic N) is 6. The molecule has 0 radical (unpaired) electrons. The topological polar surface area (TPSA) is 165 Å². The van der Waals surface area contributed by atoms with Gasteiger partial charge in [0, 0.05) is 56.1 Å². The fourth-order valence-corrected chi connectivity index (χ4v) is 6.70. The predicted octanol–water partition coefficient (Wildman–Crippen LogP) is 1.53. The molecule has 2 fully saturated rings. The molecule has 4 amide bonds. The van der Waals surface area contributed by atoms with Gasteiger partial charge in [-0.1, -0.05) is 35.5 Å². The summed E-state index contributed by atoms with van der Waals surface area (Å²) in [7, 11) is 1.83. The van der Waals surface area contributed by atoms with Gasteiger partial charge in [0.2, 0.25) is 17.7 Å². The molecule has 0 saturated carbocycles. The van der Waals surface area contributed by atoms with Crippen LogP contribution >= 0.6 is 0 Å². The molecule has 1 aromatic heterocycles. The zero-order valence-corrected chi connectivity index (χ0v) is 26.9. The number of hydrogen-bond acceptors (Lipinski definition) is 8. The number of alkyl halides is 1. The Morgan fingerprint density at radius 1 is 1.15 bits per heavy atom. The number of nitrogens with one attached hydrogen (secondary N) is 3. The van der Waals surface area contributed by atoms with E-state index in [1.807, 2.05) is 49.6 Å². The van der Waals surface area contributed by atoms with Crippen LogP contribution in [-0.2, 0) is 34.0 Å². The molecule has 14 heteroatoms. The molecule has 13 nitrogen and oxygen atoms in total. The summed E-state index contributed by atoms with van der Waals surface area (Å²) in [5.74, 6) is -1.90. The Morgan fingerprint density at radius 2 is 1.94 bits per heavy atom. The number of nitriles is 1. The van der Waals surface area contributed by atoms with Gasteiger partial charge in [-0.05, 0) is 49.2 Å². The monoisotopic (exact) mass is 655 g/mol. The van der Waals surface area contributed by atoms with Crippen molar-refractivity contribution in [3.05, 3.63) is 70.9 Å².